The van der Waals surface area contributed by atoms with Gasteiger partial charge in [0.25, 0.3) is 0 Å². The van der Waals surface area contributed by atoms with Gasteiger partial charge in [-0.25, -0.2) is 9.59 Å². The molecule has 3 N–H and O–H groups in total. The van der Waals surface area contributed by atoms with E-state index in [2.05, 4.69) is 5.32 Å². The van der Waals surface area contributed by atoms with Gasteiger partial charge in [0.05, 0.1) is 18.3 Å². The first-order valence-electron chi connectivity index (χ1n) is 8.43. The summed E-state index contributed by atoms with van der Waals surface area (Å²) in [6, 6.07) is 11.4. The number of carboxylic acid groups (broad SMARTS) is 1. The minimum atomic E-state index is -5.08. The molecule has 6 nitrogen and oxygen atoms in total. The van der Waals surface area contributed by atoms with Crippen molar-refractivity contribution >= 4 is 22.7 Å². The van der Waals surface area contributed by atoms with Gasteiger partial charge < -0.3 is 20.3 Å². The third-order valence-electron chi connectivity index (χ3n) is 4.48. The van der Waals surface area contributed by atoms with E-state index in [4.69, 9.17) is 14.6 Å². The van der Waals surface area contributed by atoms with Crippen LogP contribution in [0, 0.1) is 0 Å². The van der Waals surface area contributed by atoms with Gasteiger partial charge in [0.15, 0.2) is 0 Å². The van der Waals surface area contributed by atoms with E-state index < -0.39 is 17.7 Å². The van der Waals surface area contributed by atoms with Crippen LogP contribution in [0.15, 0.2) is 36.4 Å². The molecule has 0 amide bonds. The summed E-state index contributed by atoms with van der Waals surface area (Å²) in [6.45, 7) is 1.55. The molecular weight excluding hydrogens is 379 g/mol. The summed E-state index contributed by atoms with van der Waals surface area (Å²) in [6.07, 6.45) is -3.79. The first-order chi connectivity index (χ1) is 13.1. The molecule has 0 spiro atoms. The van der Waals surface area contributed by atoms with Crippen LogP contribution in [0.25, 0.3) is 10.8 Å². The number of carboxylic acids is 1. The van der Waals surface area contributed by atoms with E-state index in [-0.39, 0.29) is 5.97 Å². The Labute approximate surface area is 158 Å². The van der Waals surface area contributed by atoms with Crippen LogP contribution >= 0.6 is 0 Å². The van der Waals surface area contributed by atoms with Crippen LogP contribution in [-0.2, 0) is 15.1 Å². The fourth-order valence-corrected chi connectivity index (χ4v) is 2.99. The van der Waals surface area contributed by atoms with E-state index in [9.17, 15) is 23.1 Å². The van der Waals surface area contributed by atoms with Gasteiger partial charge in [0, 0.05) is 0 Å². The highest BCUT2D eigenvalue weighted by molar-refractivity contribution is 6.04. The van der Waals surface area contributed by atoms with Gasteiger partial charge in [-0.2, -0.15) is 13.2 Å². The zero-order chi connectivity index (χ0) is 20.9. The van der Waals surface area contributed by atoms with Crippen molar-refractivity contribution in [1.82, 2.24) is 5.32 Å². The van der Waals surface area contributed by atoms with Gasteiger partial charge in [-0.05, 0) is 54.4 Å². The molecule has 0 saturated carbocycles. The van der Waals surface area contributed by atoms with Crippen molar-refractivity contribution in [2.24, 2.45) is 0 Å². The molecule has 1 heterocycles. The van der Waals surface area contributed by atoms with Crippen molar-refractivity contribution in [3.63, 3.8) is 0 Å². The zero-order valence-electron chi connectivity index (χ0n) is 15.0. The van der Waals surface area contributed by atoms with Crippen molar-refractivity contribution in [1.29, 1.82) is 0 Å². The maximum Gasteiger partial charge on any atom is 0.490 e. The maximum absolute atomic E-state index is 12.1. The third kappa shape index (κ3) is 4.99. The Morgan fingerprint density at radius 1 is 1.14 bits per heavy atom. The Kier molecular flexibility index (Phi) is 6.63. The molecule has 3 rings (SSSR count). The third-order valence-corrected chi connectivity index (χ3v) is 4.48. The number of alkyl halides is 3. The lowest BCUT2D eigenvalue weighted by Crippen LogP contribution is -2.39. The van der Waals surface area contributed by atoms with Crippen LogP contribution in [0.5, 0.6) is 0 Å². The highest BCUT2D eigenvalue weighted by Crippen LogP contribution is 2.34. The van der Waals surface area contributed by atoms with Crippen LogP contribution in [-0.4, -0.2) is 48.5 Å². The second-order valence-corrected chi connectivity index (χ2v) is 6.32. The minimum Gasteiger partial charge on any atom is -0.475 e. The Bertz CT molecular complexity index is 860. The molecule has 1 saturated heterocycles. The summed E-state index contributed by atoms with van der Waals surface area (Å²) in [4.78, 5) is 20.9. The number of ether oxygens (including phenoxy) is 1. The van der Waals surface area contributed by atoms with Gasteiger partial charge in [0.2, 0.25) is 0 Å². The molecule has 2 aromatic rings. The molecule has 9 heteroatoms. The second-order valence-electron chi connectivity index (χ2n) is 6.32. The van der Waals surface area contributed by atoms with E-state index in [0.29, 0.717) is 18.4 Å². The van der Waals surface area contributed by atoms with Gasteiger partial charge in [-0.1, -0.05) is 24.3 Å². The van der Waals surface area contributed by atoms with Crippen molar-refractivity contribution in [3.8, 4) is 0 Å². The molecule has 2 aromatic carbocycles. The molecule has 28 heavy (non-hydrogen) atoms. The molecule has 152 valence electrons. The topological polar surface area (TPSA) is 95.9 Å². The molecule has 0 aliphatic carbocycles. The first-order valence-corrected chi connectivity index (χ1v) is 8.43. The molecular formula is C19H20F3NO5. The number of hydrogen-bond donors (Lipinski definition) is 3. The first kappa shape index (κ1) is 21.6. The average Bonchev–Trinajstić information content (AvgIpc) is 2.66. The molecule has 1 aliphatic heterocycles. The SMILES string of the molecule is COC(=O)c1cc(C2(O)CCNCC2)cc2ccccc12.O=C(O)C(F)(F)F. The van der Waals surface area contributed by atoms with E-state index in [1.165, 1.54) is 7.11 Å². The lowest BCUT2D eigenvalue weighted by Gasteiger charge is -2.33. The Morgan fingerprint density at radius 2 is 1.71 bits per heavy atom. The average molecular weight is 399 g/mol. The number of fused-ring (bicyclic) bond motifs is 1. The number of halogens is 3. The summed E-state index contributed by atoms with van der Waals surface area (Å²) < 4.78 is 36.6. The number of benzene rings is 2. The summed E-state index contributed by atoms with van der Waals surface area (Å²) in [7, 11) is 1.38. The minimum absolute atomic E-state index is 0.370. The van der Waals surface area contributed by atoms with Crippen LogP contribution in [0.1, 0.15) is 28.8 Å². The van der Waals surface area contributed by atoms with Gasteiger partial charge in [0.1, 0.15) is 0 Å². The summed E-state index contributed by atoms with van der Waals surface area (Å²) in [5, 5.41) is 23.1. The number of esters is 1. The molecule has 0 atom stereocenters. The number of aliphatic hydroxyl groups is 1. The highest BCUT2D eigenvalue weighted by Gasteiger charge is 2.38. The number of nitrogens with one attached hydrogen (secondary N) is 1. The number of piperidine rings is 1. The van der Waals surface area contributed by atoms with Crippen LogP contribution in [0.4, 0.5) is 13.2 Å². The lowest BCUT2D eigenvalue weighted by molar-refractivity contribution is -0.192. The molecule has 0 unspecified atom stereocenters. The second kappa shape index (κ2) is 8.57. The van der Waals surface area contributed by atoms with E-state index >= 15 is 0 Å². The van der Waals surface area contributed by atoms with Crippen LogP contribution in [0.3, 0.4) is 0 Å². The van der Waals surface area contributed by atoms with Crippen LogP contribution < -0.4 is 5.32 Å². The number of carbonyl (C=O) groups is 2. The number of aliphatic carboxylic acids is 1. The standard InChI is InChI=1S/C17H19NO3.C2HF3O2/c1-21-16(19)15-11-13(17(20)6-8-18-9-7-17)10-12-4-2-3-5-14(12)15;3-2(4,5)1(6)7/h2-5,10-11,18,20H,6-9H2,1H3;(H,6,7). The van der Waals surface area contributed by atoms with Crippen molar-refractivity contribution in [2.45, 2.75) is 24.6 Å². The number of hydrogen-bond acceptors (Lipinski definition) is 5. The van der Waals surface area contributed by atoms with Crippen molar-refractivity contribution in [2.75, 3.05) is 20.2 Å². The predicted molar refractivity (Wildman–Crippen MR) is 95.0 cm³/mol. The molecule has 1 aliphatic rings. The van der Waals surface area contributed by atoms with Gasteiger partial charge in [-0.15, -0.1) is 0 Å². The largest absolute Gasteiger partial charge is 0.490 e. The lowest BCUT2D eigenvalue weighted by atomic mass is 9.83. The number of methoxy groups -OCH3 is 1. The van der Waals surface area contributed by atoms with E-state index in [0.717, 1.165) is 29.4 Å². The number of rotatable bonds is 2. The maximum atomic E-state index is 12.1. The van der Waals surface area contributed by atoms with E-state index in [1.807, 2.05) is 30.3 Å². The highest BCUT2D eigenvalue weighted by atomic mass is 19.4. The molecule has 0 radical (unpaired) electrons. The molecule has 0 bridgehead atoms. The molecule has 1 fully saturated rings. The summed E-state index contributed by atoms with van der Waals surface area (Å²) >= 11 is 0. The summed E-state index contributed by atoms with van der Waals surface area (Å²) in [5.74, 6) is -3.13. The smallest absolute Gasteiger partial charge is 0.475 e. The Morgan fingerprint density at radius 3 is 2.25 bits per heavy atom. The Balaban J connectivity index is 0.000000345. The fourth-order valence-electron chi connectivity index (χ4n) is 2.99. The zero-order valence-corrected chi connectivity index (χ0v) is 15.0. The van der Waals surface area contributed by atoms with Gasteiger partial charge >= 0.3 is 18.1 Å². The van der Waals surface area contributed by atoms with Crippen LogP contribution in [0.2, 0.25) is 0 Å². The monoisotopic (exact) mass is 399 g/mol. The quantitative estimate of drug-likeness (QED) is 0.672. The van der Waals surface area contributed by atoms with Crippen molar-refractivity contribution < 1.29 is 37.7 Å². The fraction of sp³-hybridized carbons (Fsp3) is 0.368. The van der Waals surface area contributed by atoms with Crippen molar-refractivity contribution in [3.05, 3.63) is 47.5 Å². The van der Waals surface area contributed by atoms with Gasteiger partial charge in [-0.3, -0.25) is 0 Å². The predicted octanol–water partition coefficient (Wildman–Crippen LogP) is 2.83. The van der Waals surface area contributed by atoms with E-state index in [1.54, 1.807) is 6.07 Å². The normalized spacial score (nSPS) is 16.0. The summed E-state index contributed by atoms with van der Waals surface area (Å²) in [5.41, 5.74) is 0.429. The number of carbonyl (C=O) groups excluding carboxylic acids is 1. The molecule has 0 aromatic heterocycles. The Hall–Kier alpha value is -2.65.